The minimum atomic E-state index is -5.23. The second kappa shape index (κ2) is 8.62. The van der Waals surface area contributed by atoms with E-state index in [1.807, 2.05) is 0 Å². The van der Waals surface area contributed by atoms with Gasteiger partial charge in [-0.15, -0.1) is 0 Å². The molecule has 0 unspecified atom stereocenters. The van der Waals surface area contributed by atoms with Gasteiger partial charge in [-0.1, -0.05) is 24.3 Å². The molecule has 0 fully saturated rings. The summed E-state index contributed by atoms with van der Waals surface area (Å²) >= 11 is 0. The highest BCUT2D eigenvalue weighted by molar-refractivity contribution is 5.89. The Morgan fingerprint density at radius 1 is 0.706 bits per heavy atom. The third kappa shape index (κ3) is 4.18. The number of hydrogen-bond acceptors (Lipinski definition) is 1. The number of rotatable bonds is 4. The standard InChI is InChI=1S/C25H14F8O/c1-2-34-15-10-19(27)22(20(28)11-15)13-4-5-16(18(26)8-13)12-3-6-17-14(7-12)9-21(29)23(24(17)30)25(31,32)33/h3-11H,2H2,1H3. The van der Waals surface area contributed by atoms with E-state index in [0.717, 1.165) is 30.3 Å². The number of halogens is 8. The molecule has 0 heterocycles. The number of alkyl halides is 3. The van der Waals surface area contributed by atoms with Crippen molar-refractivity contribution in [3.63, 3.8) is 0 Å². The lowest BCUT2D eigenvalue weighted by Gasteiger charge is -2.13. The fraction of sp³-hybridized carbons (Fsp3) is 0.120. The quantitative estimate of drug-likeness (QED) is 0.266. The maximum atomic E-state index is 14.9. The van der Waals surface area contributed by atoms with E-state index in [9.17, 15) is 35.1 Å². The maximum absolute atomic E-state index is 14.9. The smallest absolute Gasteiger partial charge is 0.422 e. The van der Waals surface area contributed by atoms with E-state index in [-0.39, 0.29) is 34.4 Å². The van der Waals surface area contributed by atoms with Crippen molar-refractivity contribution in [2.24, 2.45) is 0 Å². The summed E-state index contributed by atoms with van der Waals surface area (Å²) in [5.74, 6) is -6.43. The second-order valence-electron chi connectivity index (χ2n) is 7.37. The van der Waals surface area contributed by atoms with Crippen molar-refractivity contribution in [3.05, 3.63) is 89.2 Å². The maximum Gasteiger partial charge on any atom is 0.422 e. The van der Waals surface area contributed by atoms with Gasteiger partial charge in [0.1, 0.15) is 40.4 Å². The molecular formula is C25H14F8O. The molecule has 176 valence electrons. The van der Waals surface area contributed by atoms with Crippen LogP contribution in [0, 0.1) is 29.1 Å². The van der Waals surface area contributed by atoms with Crippen LogP contribution in [-0.4, -0.2) is 6.61 Å². The highest BCUT2D eigenvalue weighted by atomic mass is 19.4. The predicted molar refractivity (Wildman–Crippen MR) is 111 cm³/mol. The van der Waals surface area contributed by atoms with Crippen LogP contribution in [0.3, 0.4) is 0 Å². The topological polar surface area (TPSA) is 9.23 Å². The lowest BCUT2D eigenvalue weighted by molar-refractivity contribution is -0.142. The van der Waals surface area contributed by atoms with Crippen LogP contribution in [-0.2, 0) is 6.18 Å². The molecule has 0 N–H and O–H groups in total. The molecule has 0 aliphatic rings. The Bertz CT molecular complexity index is 1390. The molecule has 0 radical (unpaired) electrons. The molecular weight excluding hydrogens is 468 g/mol. The minimum absolute atomic E-state index is 0.0253. The van der Waals surface area contributed by atoms with Gasteiger partial charge in [-0.05, 0) is 41.6 Å². The summed E-state index contributed by atoms with van der Waals surface area (Å²) in [4.78, 5) is 0. The van der Waals surface area contributed by atoms with Gasteiger partial charge in [0.05, 0.1) is 12.2 Å². The zero-order valence-electron chi connectivity index (χ0n) is 17.3. The number of fused-ring (bicyclic) bond motifs is 1. The van der Waals surface area contributed by atoms with Gasteiger partial charge in [0, 0.05) is 23.1 Å². The number of ether oxygens (including phenoxy) is 1. The van der Waals surface area contributed by atoms with Crippen LogP contribution in [0.2, 0.25) is 0 Å². The van der Waals surface area contributed by atoms with Crippen LogP contribution in [0.1, 0.15) is 12.5 Å². The van der Waals surface area contributed by atoms with Crippen LogP contribution < -0.4 is 4.74 Å². The van der Waals surface area contributed by atoms with Crippen molar-refractivity contribution in [1.82, 2.24) is 0 Å². The Morgan fingerprint density at radius 2 is 1.35 bits per heavy atom. The molecule has 1 nitrogen and oxygen atoms in total. The predicted octanol–water partition coefficient (Wildman–Crippen LogP) is 8.29. The lowest BCUT2D eigenvalue weighted by Crippen LogP contribution is -2.11. The lowest BCUT2D eigenvalue weighted by atomic mass is 9.96. The Hall–Kier alpha value is -3.62. The first-order chi connectivity index (χ1) is 16.0. The second-order valence-corrected chi connectivity index (χ2v) is 7.37. The summed E-state index contributed by atoms with van der Waals surface area (Å²) in [6.45, 7) is 1.83. The average molecular weight is 482 g/mol. The zero-order chi connectivity index (χ0) is 24.8. The van der Waals surface area contributed by atoms with Gasteiger partial charge in [0.2, 0.25) is 0 Å². The molecule has 0 amide bonds. The van der Waals surface area contributed by atoms with E-state index < -0.39 is 51.8 Å². The summed E-state index contributed by atoms with van der Waals surface area (Å²) in [6, 6.07) is 9.06. The monoisotopic (exact) mass is 482 g/mol. The number of hydrogen-bond donors (Lipinski definition) is 0. The SMILES string of the molecule is CCOc1cc(F)c(-c2ccc(-c3ccc4c(F)c(C(F)(F)F)c(F)cc4c3)c(F)c2)c(F)c1. The average Bonchev–Trinajstić information content (AvgIpc) is 2.72. The van der Waals surface area contributed by atoms with E-state index in [4.69, 9.17) is 4.74 Å². The third-order valence-corrected chi connectivity index (χ3v) is 5.21. The molecule has 9 heteroatoms. The van der Waals surface area contributed by atoms with Gasteiger partial charge in [-0.2, -0.15) is 13.2 Å². The molecule has 0 saturated carbocycles. The van der Waals surface area contributed by atoms with Crippen molar-refractivity contribution in [2.45, 2.75) is 13.1 Å². The summed E-state index contributed by atoms with van der Waals surface area (Å²) < 4.78 is 116. The molecule has 0 bridgehead atoms. The summed E-state index contributed by atoms with van der Waals surface area (Å²) in [6.07, 6.45) is -5.23. The summed E-state index contributed by atoms with van der Waals surface area (Å²) in [7, 11) is 0. The van der Waals surface area contributed by atoms with Gasteiger partial charge < -0.3 is 4.74 Å². The first kappa shape index (κ1) is 23.5. The molecule has 0 aromatic heterocycles. The van der Waals surface area contributed by atoms with E-state index in [1.54, 1.807) is 6.92 Å². The Balaban J connectivity index is 1.77. The van der Waals surface area contributed by atoms with Gasteiger partial charge in [-0.3, -0.25) is 0 Å². The number of benzene rings is 4. The van der Waals surface area contributed by atoms with Crippen LogP contribution >= 0.6 is 0 Å². The van der Waals surface area contributed by atoms with Crippen LogP contribution in [0.25, 0.3) is 33.0 Å². The molecule has 0 saturated heterocycles. The molecule has 34 heavy (non-hydrogen) atoms. The zero-order valence-corrected chi connectivity index (χ0v) is 17.3. The van der Waals surface area contributed by atoms with Gasteiger partial charge in [0.15, 0.2) is 0 Å². The van der Waals surface area contributed by atoms with E-state index in [0.29, 0.717) is 6.07 Å². The summed E-state index contributed by atoms with van der Waals surface area (Å²) in [5, 5.41) is -0.708. The molecule has 0 aliphatic carbocycles. The van der Waals surface area contributed by atoms with E-state index in [2.05, 4.69) is 0 Å². The molecule has 4 aromatic rings. The van der Waals surface area contributed by atoms with Crippen molar-refractivity contribution < 1.29 is 39.9 Å². The van der Waals surface area contributed by atoms with E-state index in [1.165, 1.54) is 18.2 Å². The van der Waals surface area contributed by atoms with Crippen LogP contribution in [0.5, 0.6) is 5.75 Å². The van der Waals surface area contributed by atoms with Crippen molar-refractivity contribution in [2.75, 3.05) is 6.61 Å². The third-order valence-electron chi connectivity index (χ3n) is 5.21. The normalized spacial score (nSPS) is 11.8. The molecule has 4 rings (SSSR count). The van der Waals surface area contributed by atoms with Crippen LogP contribution in [0.4, 0.5) is 35.1 Å². The fourth-order valence-corrected chi connectivity index (χ4v) is 3.74. The Kier molecular flexibility index (Phi) is 5.97. The highest BCUT2D eigenvalue weighted by Gasteiger charge is 2.38. The Labute approximate surface area is 188 Å². The molecule has 0 atom stereocenters. The molecule has 4 aromatic carbocycles. The van der Waals surface area contributed by atoms with E-state index >= 15 is 0 Å². The molecule has 0 spiro atoms. The van der Waals surface area contributed by atoms with Gasteiger partial charge in [0.25, 0.3) is 0 Å². The van der Waals surface area contributed by atoms with Crippen molar-refractivity contribution >= 4 is 10.8 Å². The summed E-state index contributed by atoms with van der Waals surface area (Å²) in [5.41, 5.74) is -2.58. The van der Waals surface area contributed by atoms with Gasteiger partial charge >= 0.3 is 6.18 Å². The largest absolute Gasteiger partial charge is 0.494 e. The first-order valence-electron chi connectivity index (χ1n) is 9.92. The highest BCUT2D eigenvalue weighted by Crippen LogP contribution is 2.38. The van der Waals surface area contributed by atoms with Gasteiger partial charge in [-0.25, -0.2) is 22.0 Å². The Morgan fingerprint density at radius 3 is 1.94 bits per heavy atom. The fourth-order valence-electron chi connectivity index (χ4n) is 3.74. The molecule has 0 aliphatic heterocycles. The van der Waals surface area contributed by atoms with Crippen molar-refractivity contribution in [3.8, 4) is 28.0 Å². The minimum Gasteiger partial charge on any atom is -0.494 e. The van der Waals surface area contributed by atoms with Crippen molar-refractivity contribution in [1.29, 1.82) is 0 Å². The van der Waals surface area contributed by atoms with Crippen LogP contribution in [0.15, 0.2) is 54.6 Å². The first-order valence-corrected chi connectivity index (χ1v) is 9.92.